The molecule has 0 saturated carbocycles. The monoisotopic (exact) mass is 374 g/mol. The number of para-hydroxylation sites is 1. The zero-order valence-electron chi connectivity index (χ0n) is 15.6. The number of rotatable bonds is 6. The van der Waals surface area contributed by atoms with Gasteiger partial charge in [-0.2, -0.15) is 0 Å². The van der Waals surface area contributed by atoms with Crippen molar-refractivity contribution in [1.29, 1.82) is 0 Å². The number of ether oxygens (including phenoxy) is 1. The van der Waals surface area contributed by atoms with E-state index < -0.39 is 0 Å². The van der Waals surface area contributed by atoms with E-state index >= 15 is 0 Å². The summed E-state index contributed by atoms with van der Waals surface area (Å²) < 4.78 is 5.37. The molecule has 2 heterocycles. The van der Waals surface area contributed by atoms with E-state index in [0.29, 0.717) is 31.5 Å². The largest absolute Gasteiger partial charge is 0.378 e. The molecule has 1 aliphatic rings. The minimum absolute atomic E-state index is 0.148. The molecule has 2 aromatic rings. The Morgan fingerprint density at radius 2 is 2.00 bits per heavy atom. The molecule has 7 heteroatoms. The number of morpholine rings is 1. The number of aromatic nitrogens is 2. The fraction of sp³-hybridized carbons (Fsp3) is 0.526. The second-order valence-corrected chi connectivity index (χ2v) is 7.73. The SMILES string of the molecule is CCNc1nc(SC(C(=O)N2CCOCC2)C(C)C)nc2ccccc12. The molecule has 1 aromatic heterocycles. The summed E-state index contributed by atoms with van der Waals surface area (Å²) in [6.07, 6.45) is 0. The third-order valence-corrected chi connectivity index (χ3v) is 5.72. The van der Waals surface area contributed by atoms with E-state index in [1.54, 1.807) is 0 Å². The fourth-order valence-electron chi connectivity index (χ4n) is 2.96. The number of anilines is 1. The van der Waals surface area contributed by atoms with Gasteiger partial charge in [0.2, 0.25) is 5.91 Å². The number of carbonyl (C=O) groups is 1. The van der Waals surface area contributed by atoms with Crippen LogP contribution in [0.25, 0.3) is 10.9 Å². The van der Waals surface area contributed by atoms with Crippen molar-refractivity contribution in [1.82, 2.24) is 14.9 Å². The van der Waals surface area contributed by atoms with Crippen molar-refractivity contribution in [3.8, 4) is 0 Å². The van der Waals surface area contributed by atoms with Gasteiger partial charge in [-0.05, 0) is 25.0 Å². The Morgan fingerprint density at radius 1 is 1.27 bits per heavy atom. The number of thioether (sulfide) groups is 1. The molecule has 1 fully saturated rings. The van der Waals surface area contributed by atoms with Crippen molar-refractivity contribution < 1.29 is 9.53 Å². The van der Waals surface area contributed by atoms with Gasteiger partial charge in [0.15, 0.2) is 5.16 Å². The Bertz CT molecular complexity index is 762. The van der Waals surface area contributed by atoms with Crippen LogP contribution in [0.5, 0.6) is 0 Å². The van der Waals surface area contributed by atoms with Crippen molar-refractivity contribution in [3.63, 3.8) is 0 Å². The van der Waals surface area contributed by atoms with E-state index in [9.17, 15) is 4.79 Å². The molecule has 1 saturated heterocycles. The molecule has 1 atom stereocenters. The van der Waals surface area contributed by atoms with E-state index in [4.69, 9.17) is 4.74 Å². The molecule has 1 unspecified atom stereocenters. The average Bonchev–Trinajstić information content (AvgIpc) is 2.66. The van der Waals surface area contributed by atoms with Crippen LogP contribution in [0.15, 0.2) is 29.4 Å². The van der Waals surface area contributed by atoms with Gasteiger partial charge >= 0.3 is 0 Å². The lowest BCUT2D eigenvalue weighted by molar-refractivity contribution is -0.135. The van der Waals surface area contributed by atoms with E-state index in [2.05, 4.69) is 29.1 Å². The summed E-state index contributed by atoms with van der Waals surface area (Å²) in [5, 5.41) is 4.74. The first-order chi connectivity index (χ1) is 12.6. The van der Waals surface area contributed by atoms with Gasteiger partial charge in [-0.25, -0.2) is 9.97 Å². The van der Waals surface area contributed by atoms with Crippen LogP contribution in [-0.4, -0.2) is 58.9 Å². The molecule has 1 aromatic carbocycles. The first kappa shape index (κ1) is 18.9. The number of benzene rings is 1. The smallest absolute Gasteiger partial charge is 0.236 e. The second kappa shape index (κ2) is 8.68. The van der Waals surface area contributed by atoms with Crippen molar-refractivity contribution in [2.45, 2.75) is 31.2 Å². The Kier molecular flexibility index (Phi) is 6.32. The second-order valence-electron chi connectivity index (χ2n) is 6.62. The van der Waals surface area contributed by atoms with Gasteiger partial charge in [-0.3, -0.25) is 4.79 Å². The molecule has 3 rings (SSSR count). The third kappa shape index (κ3) is 4.27. The van der Waals surface area contributed by atoms with Gasteiger partial charge in [0.05, 0.1) is 24.0 Å². The zero-order valence-corrected chi connectivity index (χ0v) is 16.4. The summed E-state index contributed by atoms with van der Waals surface area (Å²) in [7, 11) is 0. The maximum Gasteiger partial charge on any atom is 0.236 e. The summed E-state index contributed by atoms with van der Waals surface area (Å²) in [4.78, 5) is 24.3. The maximum atomic E-state index is 13.0. The topological polar surface area (TPSA) is 67.4 Å². The minimum Gasteiger partial charge on any atom is -0.378 e. The molecular weight excluding hydrogens is 348 g/mol. The zero-order chi connectivity index (χ0) is 18.5. The highest BCUT2D eigenvalue weighted by Crippen LogP contribution is 2.31. The molecule has 0 bridgehead atoms. The summed E-state index contributed by atoms with van der Waals surface area (Å²) in [5.41, 5.74) is 0.891. The quantitative estimate of drug-likeness (QED) is 0.619. The van der Waals surface area contributed by atoms with Crippen LogP contribution < -0.4 is 5.32 Å². The summed E-state index contributed by atoms with van der Waals surface area (Å²) in [6.45, 7) is 9.50. The predicted octanol–water partition coefficient (Wildman–Crippen LogP) is 3.04. The number of fused-ring (bicyclic) bond motifs is 1. The molecule has 6 nitrogen and oxygen atoms in total. The van der Waals surface area contributed by atoms with E-state index in [1.165, 1.54) is 11.8 Å². The van der Waals surface area contributed by atoms with Gasteiger partial charge in [0.25, 0.3) is 0 Å². The molecule has 140 valence electrons. The van der Waals surface area contributed by atoms with Gasteiger partial charge in [0, 0.05) is 25.0 Å². The number of carbonyl (C=O) groups excluding carboxylic acids is 1. The number of nitrogens with one attached hydrogen (secondary N) is 1. The molecular formula is C19H26N4O2S. The van der Waals surface area contributed by atoms with Gasteiger partial charge in [-0.1, -0.05) is 37.7 Å². The molecule has 0 radical (unpaired) electrons. The summed E-state index contributed by atoms with van der Waals surface area (Å²) >= 11 is 1.46. The third-order valence-electron chi connectivity index (χ3n) is 4.33. The average molecular weight is 375 g/mol. The molecule has 0 spiro atoms. The Morgan fingerprint density at radius 3 is 2.69 bits per heavy atom. The van der Waals surface area contributed by atoms with Crippen LogP contribution in [0.1, 0.15) is 20.8 Å². The van der Waals surface area contributed by atoms with E-state index in [1.807, 2.05) is 36.1 Å². The first-order valence-corrected chi connectivity index (χ1v) is 10.0. The molecule has 1 N–H and O–H groups in total. The van der Waals surface area contributed by atoms with Crippen molar-refractivity contribution in [2.75, 3.05) is 38.2 Å². The minimum atomic E-state index is -0.205. The molecule has 1 amide bonds. The van der Waals surface area contributed by atoms with Gasteiger partial charge < -0.3 is 15.0 Å². The highest BCUT2D eigenvalue weighted by Gasteiger charge is 2.30. The fourth-order valence-corrected chi connectivity index (χ4v) is 4.00. The van der Waals surface area contributed by atoms with Crippen LogP contribution in [0.3, 0.4) is 0 Å². The number of hydrogen-bond donors (Lipinski definition) is 1. The molecule has 1 aliphatic heterocycles. The van der Waals surface area contributed by atoms with Gasteiger partial charge in [0.1, 0.15) is 5.82 Å². The van der Waals surface area contributed by atoms with Crippen LogP contribution in [0.2, 0.25) is 0 Å². The standard InChI is InChI=1S/C19H26N4O2S/c1-4-20-17-14-7-5-6-8-15(14)21-19(22-17)26-16(13(2)3)18(24)23-9-11-25-12-10-23/h5-8,13,16H,4,9-12H2,1-3H3,(H,20,21,22). The van der Waals surface area contributed by atoms with Crippen LogP contribution in [0.4, 0.5) is 5.82 Å². The molecule has 26 heavy (non-hydrogen) atoms. The lowest BCUT2D eigenvalue weighted by Gasteiger charge is -2.31. The van der Waals surface area contributed by atoms with Gasteiger partial charge in [-0.15, -0.1) is 0 Å². The number of hydrogen-bond acceptors (Lipinski definition) is 6. The normalized spacial score (nSPS) is 16.1. The van der Waals surface area contributed by atoms with Crippen molar-refractivity contribution in [3.05, 3.63) is 24.3 Å². The predicted molar refractivity (Wildman–Crippen MR) is 106 cm³/mol. The van der Waals surface area contributed by atoms with E-state index in [0.717, 1.165) is 23.3 Å². The highest BCUT2D eigenvalue weighted by atomic mass is 32.2. The van der Waals surface area contributed by atoms with E-state index in [-0.39, 0.29) is 17.1 Å². The van der Waals surface area contributed by atoms with Crippen LogP contribution >= 0.6 is 11.8 Å². The molecule has 0 aliphatic carbocycles. The lowest BCUT2D eigenvalue weighted by Crippen LogP contribution is -2.46. The van der Waals surface area contributed by atoms with Crippen molar-refractivity contribution >= 4 is 34.4 Å². The highest BCUT2D eigenvalue weighted by molar-refractivity contribution is 8.00. The van der Waals surface area contributed by atoms with Crippen LogP contribution in [0, 0.1) is 5.92 Å². The maximum absolute atomic E-state index is 13.0. The van der Waals surface area contributed by atoms with Crippen LogP contribution in [-0.2, 0) is 9.53 Å². The summed E-state index contributed by atoms with van der Waals surface area (Å²) in [6, 6.07) is 7.95. The Balaban J connectivity index is 1.87. The Hall–Kier alpha value is -1.86. The Labute approximate surface area is 158 Å². The lowest BCUT2D eigenvalue weighted by atomic mass is 10.1. The summed E-state index contributed by atoms with van der Waals surface area (Å²) in [5.74, 6) is 1.16. The first-order valence-electron chi connectivity index (χ1n) is 9.14. The number of nitrogens with zero attached hydrogens (tertiary/aromatic N) is 3. The number of amides is 1. The van der Waals surface area contributed by atoms with Crippen molar-refractivity contribution in [2.24, 2.45) is 5.92 Å².